The van der Waals surface area contributed by atoms with Crippen molar-refractivity contribution in [2.75, 3.05) is 6.61 Å². The zero-order valence-corrected chi connectivity index (χ0v) is 8.83. The summed E-state index contributed by atoms with van der Waals surface area (Å²) >= 11 is 5.84. The second-order valence-electron chi connectivity index (χ2n) is 2.90. The van der Waals surface area contributed by atoms with Gasteiger partial charge in [-0.3, -0.25) is 4.79 Å². The molecule has 0 saturated heterocycles. The van der Waals surface area contributed by atoms with Gasteiger partial charge in [-0.2, -0.15) is 5.26 Å². The molecule has 0 aliphatic heterocycles. The molecule has 0 aromatic heterocycles. The third kappa shape index (κ3) is 4.01. The smallest absolute Gasteiger partial charge is 0.150 e. The Morgan fingerprint density at radius 2 is 2.20 bits per heavy atom. The number of rotatable bonds is 5. The van der Waals surface area contributed by atoms with E-state index in [0.717, 1.165) is 0 Å². The van der Waals surface area contributed by atoms with Gasteiger partial charge in [-0.1, -0.05) is 23.7 Å². The Hall–Kier alpha value is -1.53. The molecule has 0 N–H and O–H groups in total. The molecule has 1 rings (SSSR count). The molecule has 0 amide bonds. The number of ketones is 1. The molecule has 0 fully saturated rings. The highest BCUT2D eigenvalue weighted by atomic mass is 35.5. The zero-order chi connectivity index (χ0) is 11.1. The van der Waals surface area contributed by atoms with E-state index in [-0.39, 0.29) is 25.2 Å². The van der Waals surface area contributed by atoms with Gasteiger partial charge in [-0.05, 0) is 12.1 Å². The van der Waals surface area contributed by atoms with Crippen molar-refractivity contribution in [3.63, 3.8) is 0 Å². The number of carbonyl (C=O) groups excluding carboxylic acids is 1. The van der Waals surface area contributed by atoms with Crippen LogP contribution in [0.1, 0.15) is 12.8 Å². The fourth-order valence-corrected chi connectivity index (χ4v) is 1.20. The first kappa shape index (κ1) is 11.5. The molecule has 0 spiro atoms. The monoisotopic (exact) mass is 223 g/mol. The number of halogens is 1. The van der Waals surface area contributed by atoms with E-state index in [9.17, 15) is 4.79 Å². The van der Waals surface area contributed by atoms with E-state index >= 15 is 0 Å². The van der Waals surface area contributed by atoms with E-state index in [1.54, 1.807) is 30.3 Å². The Morgan fingerprint density at radius 1 is 1.47 bits per heavy atom. The quantitative estimate of drug-likeness (QED) is 0.771. The molecule has 0 radical (unpaired) electrons. The van der Waals surface area contributed by atoms with Gasteiger partial charge in [0.05, 0.1) is 24.1 Å². The predicted molar refractivity (Wildman–Crippen MR) is 56.8 cm³/mol. The van der Waals surface area contributed by atoms with Crippen molar-refractivity contribution in [2.45, 2.75) is 12.8 Å². The summed E-state index contributed by atoms with van der Waals surface area (Å²) in [6.45, 7) is 0.254. The Labute approximate surface area is 93.2 Å². The van der Waals surface area contributed by atoms with Gasteiger partial charge in [0.25, 0.3) is 0 Å². The van der Waals surface area contributed by atoms with Crippen molar-refractivity contribution >= 4 is 17.4 Å². The minimum atomic E-state index is -0.121. The van der Waals surface area contributed by atoms with Crippen LogP contribution in [0.15, 0.2) is 24.3 Å². The molecular formula is C11H10ClNO2. The van der Waals surface area contributed by atoms with Crippen LogP contribution in [-0.2, 0) is 4.79 Å². The maximum atomic E-state index is 11.0. The number of nitrogens with zero attached hydrogens (tertiary/aromatic N) is 1. The van der Waals surface area contributed by atoms with Crippen molar-refractivity contribution in [1.29, 1.82) is 5.26 Å². The molecule has 0 aliphatic rings. The van der Waals surface area contributed by atoms with Crippen LogP contribution in [0.5, 0.6) is 5.75 Å². The fraction of sp³-hybridized carbons (Fsp3) is 0.273. The first-order valence-electron chi connectivity index (χ1n) is 4.50. The Kier molecular flexibility index (Phi) is 4.65. The molecule has 3 nitrogen and oxygen atoms in total. The van der Waals surface area contributed by atoms with Gasteiger partial charge in [0.1, 0.15) is 11.5 Å². The molecule has 4 heteroatoms. The van der Waals surface area contributed by atoms with Crippen molar-refractivity contribution in [2.24, 2.45) is 0 Å². The molecule has 0 bridgehead atoms. The number of ether oxygens (including phenoxy) is 1. The van der Waals surface area contributed by atoms with Crippen LogP contribution >= 0.6 is 11.6 Å². The zero-order valence-electron chi connectivity index (χ0n) is 8.07. The number of nitriles is 1. The van der Waals surface area contributed by atoms with Gasteiger partial charge in [0, 0.05) is 6.42 Å². The lowest BCUT2D eigenvalue weighted by atomic mass is 10.2. The highest BCUT2D eigenvalue weighted by Gasteiger charge is 2.03. The molecule has 1 aromatic rings. The van der Waals surface area contributed by atoms with Gasteiger partial charge >= 0.3 is 0 Å². The maximum absolute atomic E-state index is 11.0. The van der Waals surface area contributed by atoms with Crippen molar-refractivity contribution < 1.29 is 9.53 Å². The van der Waals surface area contributed by atoms with Gasteiger partial charge in [0.2, 0.25) is 0 Å². The lowest BCUT2D eigenvalue weighted by Gasteiger charge is -2.05. The average Bonchev–Trinajstić information content (AvgIpc) is 2.21. The number of hydrogen-bond donors (Lipinski definition) is 0. The number of Topliss-reactive ketones (excluding diaryl/α,β-unsaturated/α-hetero) is 1. The molecule has 0 heterocycles. The van der Waals surface area contributed by atoms with E-state index in [2.05, 4.69) is 0 Å². The molecule has 0 unspecified atom stereocenters. The summed E-state index contributed by atoms with van der Waals surface area (Å²) in [6, 6.07) is 8.85. The van der Waals surface area contributed by atoms with Crippen molar-refractivity contribution in [1.82, 2.24) is 0 Å². The largest absolute Gasteiger partial charge is 0.492 e. The molecule has 15 heavy (non-hydrogen) atoms. The number of para-hydroxylation sites is 1. The highest BCUT2D eigenvalue weighted by molar-refractivity contribution is 6.32. The lowest BCUT2D eigenvalue weighted by molar-refractivity contribution is -0.118. The summed E-state index contributed by atoms with van der Waals surface area (Å²) in [5, 5.41) is 8.78. The maximum Gasteiger partial charge on any atom is 0.150 e. The van der Waals surface area contributed by atoms with Crippen LogP contribution in [0.2, 0.25) is 5.02 Å². The van der Waals surface area contributed by atoms with E-state index in [1.165, 1.54) is 0 Å². The van der Waals surface area contributed by atoms with Gasteiger partial charge in [-0.15, -0.1) is 0 Å². The summed E-state index contributed by atoms with van der Waals surface area (Å²) in [7, 11) is 0. The number of hydrogen-bond acceptors (Lipinski definition) is 3. The van der Waals surface area contributed by atoms with Crippen LogP contribution in [0.4, 0.5) is 0 Å². The summed E-state index contributed by atoms with van der Waals surface area (Å²) in [5.41, 5.74) is 0. The summed E-state index contributed by atoms with van der Waals surface area (Å²) < 4.78 is 5.29. The Bertz CT molecular complexity index is 384. The Morgan fingerprint density at radius 3 is 2.87 bits per heavy atom. The number of carbonyl (C=O) groups is 1. The van der Waals surface area contributed by atoms with Gasteiger partial charge < -0.3 is 4.74 Å². The topological polar surface area (TPSA) is 50.1 Å². The van der Waals surface area contributed by atoms with Gasteiger partial charge in [-0.25, -0.2) is 0 Å². The van der Waals surface area contributed by atoms with Crippen LogP contribution in [-0.4, -0.2) is 12.4 Å². The minimum Gasteiger partial charge on any atom is -0.492 e. The Balaban J connectivity index is 2.36. The molecule has 1 aromatic carbocycles. The van der Waals surface area contributed by atoms with E-state index in [4.69, 9.17) is 21.6 Å². The molecule has 78 valence electrons. The minimum absolute atomic E-state index is 0.0636. The third-order valence-electron chi connectivity index (χ3n) is 1.75. The van der Waals surface area contributed by atoms with Crippen LogP contribution in [0.25, 0.3) is 0 Å². The molecular weight excluding hydrogens is 214 g/mol. The first-order chi connectivity index (χ1) is 7.24. The SMILES string of the molecule is N#CCC(=O)CCOc1ccccc1Cl. The second-order valence-corrected chi connectivity index (χ2v) is 3.31. The van der Waals surface area contributed by atoms with Crippen LogP contribution < -0.4 is 4.74 Å². The molecule has 0 atom stereocenters. The predicted octanol–water partition coefficient (Wildman–Crippen LogP) is 2.59. The fourth-order valence-electron chi connectivity index (χ4n) is 1.01. The summed E-state index contributed by atoms with van der Waals surface area (Å²) in [6.07, 6.45) is 0.171. The normalized spacial score (nSPS) is 9.33. The van der Waals surface area contributed by atoms with E-state index in [0.29, 0.717) is 10.8 Å². The summed E-state index contributed by atoms with van der Waals surface area (Å²) in [5.74, 6) is 0.438. The van der Waals surface area contributed by atoms with Crippen molar-refractivity contribution in [3.8, 4) is 11.8 Å². The van der Waals surface area contributed by atoms with E-state index in [1.807, 2.05) is 0 Å². The van der Waals surface area contributed by atoms with Gasteiger partial charge in [0.15, 0.2) is 0 Å². The lowest BCUT2D eigenvalue weighted by Crippen LogP contribution is -2.05. The standard InChI is InChI=1S/C11H10ClNO2/c12-10-3-1-2-4-11(10)15-8-6-9(14)5-7-13/h1-4H,5-6,8H2. The van der Waals surface area contributed by atoms with Crippen molar-refractivity contribution in [3.05, 3.63) is 29.3 Å². The van der Waals surface area contributed by atoms with Crippen LogP contribution in [0, 0.1) is 11.3 Å². The first-order valence-corrected chi connectivity index (χ1v) is 4.88. The molecule has 0 aliphatic carbocycles. The highest BCUT2D eigenvalue weighted by Crippen LogP contribution is 2.23. The second kappa shape index (κ2) is 6.05. The molecule has 0 saturated carbocycles. The van der Waals surface area contributed by atoms with Crippen LogP contribution in [0.3, 0.4) is 0 Å². The summed E-state index contributed by atoms with van der Waals surface area (Å²) in [4.78, 5) is 11.0. The third-order valence-corrected chi connectivity index (χ3v) is 2.06. The number of benzene rings is 1. The van der Waals surface area contributed by atoms with E-state index < -0.39 is 0 Å². The average molecular weight is 224 g/mol.